The van der Waals surface area contributed by atoms with Gasteiger partial charge in [-0.3, -0.25) is 9.59 Å². The van der Waals surface area contributed by atoms with Crippen molar-refractivity contribution in [2.45, 2.75) is 6.92 Å². The largest absolute Gasteiger partial charge is 0.298 e. The van der Waals surface area contributed by atoms with Crippen LogP contribution in [0.25, 0.3) is 0 Å². The molecule has 0 N–H and O–H groups in total. The maximum absolute atomic E-state index is 10.7. The molecule has 0 aliphatic carbocycles. The van der Waals surface area contributed by atoms with Gasteiger partial charge in [-0.1, -0.05) is 25.3 Å². The van der Waals surface area contributed by atoms with Crippen LogP contribution >= 0.6 is 0 Å². The first-order chi connectivity index (χ1) is 5.13. The zero-order valence-corrected chi connectivity index (χ0v) is 6.46. The summed E-state index contributed by atoms with van der Waals surface area (Å²) < 4.78 is 0. The van der Waals surface area contributed by atoms with Gasteiger partial charge in [-0.15, -0.1) is 0 Å². The number of Topliss-reactive ketones (excluding diaryl/α,β-unsaturated/α-hetero) is 1. The van der Waals surface area contributed by atoms with Gasteiger partial charge in [0.05, 0.1) is 0 Å². The van der Waals surface area contributed by atoms with E-state index in [1.165, 1.54) is 19.1 Å². The number of ketones is 1. The Labute approximate surface area is 65.9 Å². The van der Waals surface area contributed by atoms with Crippen LogP contribution in [-0.4, -0.2) is 12.1 Å². The average molecular weight is 150 g/mol. The van der Waals surface area contributed by atoms with E-state index in [4.69, 9.17) is 0 Å². The van der Waals surface area contributed by atoms with Gasteiger partial charge in [-0.05, 0) is 6.92 Å². The van der Waals surface area contributed by atoms with E-state index in [9.17, 15) is 9.59 Å². The molecule has 0 amide bonds. The highest BCUT2D eigenvalue weighted by Crippen LogP contribution is 2.05. The molecule has 0 rings (SSSR count). The highest BCUT2D eigenvalue weighted by atomic mass is 16.1. The Morgan fingerprint density at radius 2 is 2.00 bits per heavy atom. The van der Waals surface area contributed by atoms with Crippen molar-refractivity contribution in [1.29, 1.82) is 0 Å². The smallest absolute Gasteiger partial charge is 0.159 e. The molecule has 0 aliphatic rings. The van der Waals surface area contributed by atoms with Crippen LogP contribution in [-0.2, 0) is 9.59 Å². The monoisotopic (exact) mass is 150 g/mol. The van der Waals surface area contributed by atoms with Crippen LogP contribution in [0.2, 0.25) is 0 Å². The predicted molar refractivity (Wildman–Crippen MR) is 44.2 cm³/mol. The minimum atomic E-state index is -0.204. The number of aldehydes is 1. The number of carbonyl (C=O) groups excluding carboxylic acids is 2. The minimum absolute atomic E-state index is 0.204. The topological polar surface area (TPSA) is 34.1 Å². The lowest BCUT2D eigenvalue weighted by molar-refractivity contribution is -0.114. The van der Waals surface area contributed by atoms with Crippen molar-refractivity contribution in [1.82, 2.24) is 0 Å². The van der Waals surface area contributed by atoms with E-state index in [1.54, 1.807) is 0 Å². The molecular weight excluding hydrogens is 140 g/mol. The number of carbonyl (C=O) groups is 2. The van der Waals surface area contributed by atoms with Crippen molar-refractivity contribution >= 4 is 12.1 Å². The Morgan fingerprint density at radius 3 is 2.27 bits per heavy atom. The van der Waals surface area contributed by atoms with E-state index in [0.717, 1.165) is 0 Å². The summed E-state index contributed by atoms with van der Waals surface area (Å²) in [6, 6.07) is 0. The van der Waals surface area contributed by atoms with Gasteiger partial charge in [-0.25, -0.2) is 0 Å². The molecule has 0 saturated carbocycles. The zero-order chi connectivity index (χ0) is 8.85. The van der Waals surface area contributed by atoms with Crippen molar-refractivity contribution in [2.24, 2.45) is 0 Å². The summed E-state index contributed by atoms with van der Waals surface area (Å²) in [6.07, 6.45) is 3.49. The summed E-state index contributed by atoms with van der Waals surface area (Å²) in [5.41, 5.74) is 0.507. The van der Waals surface area contributed by atoms with Gasteiger partial charge in [0.25, 0.3) is 0 Å². The summed E-state index contributed by atoms with van der Waals surface area (Å²) in [5, 5.41) is 0. The maximum Gasteiger partial charge on any atom is 0.159 e. The molecule has 0 aromatic carbocycles. The SMILES string of the molecule is C=C/C=C(/C=O)C(=C)C(C)=O. The summed E-state index contributed by atoms with van der Waals surface area (Å²) in [6.45, 7) is 8.21. The fraction of sp³-hybridized carbons (Fsp3) is 0.111. The van der Waals surface area contributed by atoms with E-state index >= 15 is 0 Å². The molecule has 0 atom stereocenters. The fourth-order valence-corrected chi connectivity index (χ4v) is 0.541. The molecule has 0 spiro atoms. The zero-order valence-electron chi connectivity index (χ0n) is 6.46. The first-order valence-electron chi connectivity index (χ1n) is 3.11. The summed E-state index contributed by atoms with van der Waals surface area (Å²) in [7, 11) is 0. The van der Waals surface area contributed by atoms with Gasteiger partial charge in [0.2, 0.25) is 0 Å². The lowest BCUT2D eigenvalue weighted by atomic mass is 10.1. The van der Waals surface area contributed by atoms with E-state index in [-0.39, 0.29) is 16.9 Å². The number of allylic oxidation sites excluding steroid dienone is 4. The molecule has 11 heavy (non-hydrogen) atoms. The molecule has 0 saturated heterocycles. The highest BCUT2D eigenvalue weighted by molar-refractivity contribution is 6.04. The van der Waals surface area contributed by atoms with Crippen LogP contribution in [0.15, 0.2) is 36.5 Å². The van der Waals surface area contributed by atoms with Gasteiger partial charge >= 0.3 is 0 Å². The normalized spacial score (nSPS) is 10.5. The van der Waals surface area contributed by atoms with Crippen molar-refractivity contribution in [2.75, 3.05) is 0 Å². The third-order valence-corrected chi connectivity index (χ3v) is 1.20. The third-order valence-electron chi connectivity index (χ3n) is 1.20. The summed E-state index contributed by atoms with van der Waals surface area (Å²) in [4.78, 5) is 21.0. The van der Waals surface area contributed by atoms with E-state index in [0.29, 0.717) is 6.29 Å². The van der Waals surface area contributed by atoms with E-state index in [2.05, 4.69) is 13.2 Å². The van der Waals surface area contributed by atoms with Crippen molar-refractivity contribution < 1.29 is 9.59 Å². The lowest BCUT2D eigenvalue weighted by Gasteiger charge is -1.96. The van der Waals surface area contributed by atoms with Gasteiger partial charge in [-0.2, -0.15) is 0 Å². The Kier molecular flexibility index (Phi) is 3.81. The minimum Gasteiger partial charge on any atom is -0.298 e. The first-order valence-corrected chi connectivity index (χ1v) is 3.11. The summed E-state index contributed by atoms with van der Waals surface area (Å²) >= 11 is 0. The highest BCUT2D eigenvalue weighted by Gasteiger charge is 2.04. The van der Waals surface area contributed by atoms with E-state index < -0.39 is 0 Å². The second-order valence-corrected chi connectivity index (χ2v) is 2.01. The van der Waals surface area contributed by atoms with Crippen LogP contribution < -0.4 is 0 Å². The molecule has 0 radical (unpaired) electrons. The Balaban J connectivity index is 4.65. The van der Waals surface area contributed by atoms with Crippen LogP contribution in [0.3, 0.4) is 0 Å². The van der Waals surface area contributed by atoms with Gasteiger partial charge < -0.3 is 0 Å². The number of rotatable bonds is 4. The van der Waals surface area contributed by atoms with Gasteiger partial charge in [0.15, 0.2) is 12.1 Å². The second kappa shape index (κ2) is 4.39. The van der Waals surface area contributed by atoms with Crippen LogP contribution in [0.1, 0.15) is 6.92 Å². The first kappa shape index (κ1) is 9.56. The van der Waals surface area contributed by atoms with Crippen molar-refractivity contribution in [3.63, 3.8) is 0 Å². The number of hydrogen-bond acceptors (Lipinski definition) is 2. The van der Waals surface area contributed by atoms with Crippen LogP contribution in [0.5, 0.6) is 0 Å². The van der Waals surface area contributed by atoms with Crippen LogP contribution in [0, 0.1) is 0 Å². The van der Waals surface area contributed by atoms with Crippen molar-refractivity contribution in [3.05, 3.63) is 36.5 Å². The molecule has 0 aliphatic heterocycles. The maximum atomic E-state index is 10.7. The average Bonchev–Trinajstić information content (AvgIpc) is 1.98. The molecule has 0 fully saturated rings. The predicted octanol–water partition coefficient (Wildman–Crippen LogP) is 1.44. The Hall–Kier alpha value is -1.44. The van der Waals surface area contributed by atoms with Gasteiger partial charge in [0.1, 0.15) is 0 Å². The Bertz CT molecular complexity index is 234. The molecule has 2 nitrogen and oxygen atoms in total. The lowest BCUT2D eigenvalue weighted by Crippen LogP contribution is -1.99. The van der Waals surface area contributed by atoms with Gasteiger partial charge in [0, 0.05) is 11.1 Å². The number of hydrogen-bond donors (Lipinski definition) is 0. The molecule has 2 heteroatoms. The standard InChI is InChI=1S/C9H10O2/c1-4-5-9(6-10)7(2)8(3)11/h4-6H,1-2H2,3H3/b9-5-. The Morgan fingerprint density at radius 1 is 1.45 bits per heavy atom. The third kappa shape index (κ3) is 2.76. The second-order valence-electron chi connectivity index (χ2n) is 2.01. The molecule has 0 heterocycles. The van der Waals surface area contributed by atoms with E-state index in [1.807, 2.05) is 0 Å². The summed E-state index contributed by atoms with van der Waals surface area (Å²) in [5.74, 6) is -0.204. The molecule has 0 bridgehead atoms. The molecule has 58 valence electrons. The molecule has 0 aromatic rings. The fourth-order valence-electron chi connectivity index (χ4n) is 0.541. The molecular formula is C9H10O2. The van der Waals surface area contributed by atoms with Crippen LogP contribution in [0.4, 0.5) is 0 Å². The van der Waals surface area contributed by atoms with Crippen molar-refractivity contribution in [3.8, 4) is 0 Å². The molecule has 0 unspecified atom stereocenters. The quantitative estimate of drug-likeness (QED) is 0.345. The molecule has 0 aromatic heterocycles.